The van der Waals surface area contributed by atoms with Gasteiger partial charge >= 0.3 is 0 Å². The first-order valence-electron chi connectivity index (χ1n) is 5.73. The van der Waals surface area contributed by atoms with Crippen molar-refractivity contribution in [3.8, 4) is 0 Å². The molecule has 3 nitrogen and oxygen atoms in total. The van der Waals surface area contributed by atoms with Gasteiger partial charge in [-0.05, 0) is 38.1 Å². The summed E-state index contributed by atoms with van der Waals surface area (Å²) >= 11 is 0. The molecule has 0 atom stereocenters. The van der Waals surface area contributed by atoms with Gasteiger partial charge in [-0.3, -0.25) is 0 Å². The molecule has 0 aromatic rings. The number of nitrogens with two attached hydrogens (primary N) is 1. The molecule has 0 radical (unpaired) electrons. The first kappa shape index (κ1) is 10.4. The largest absolute Gasteiger partial charge is 0.381 e. The maximum atomic E-state index is 5.58. The van der Waals surface area contributed by atoms with E-state index >= 15 is 0 Å². The van der Waals surface area contributed by atoms with Crippen molar-refractivity contribution >= 4 is 0 Å². The highest BCUT2D eigenvalue weighted by Crippen LogP contribution is 2.44. The highest BCUT2D eigenvalue weighted by atomic mass is 16.5. The van der Waals surface area contributed by atoms with Crippen LogP contribution in [0.3, 0.4) is 0 Å². The van der Waals surface area contributed by atoms with E-state index in [1.54, 1.807) is 0 Å². The number of hydrogen-bond acceptors (Lipinski definition) is 3. The molecule has 0 saturated carbocycles. The Hall–Kier alpha value is -0.120. The van der Waals surface area contributed by atoms with Crippen molar-refractivity contribution in [1.29, 1.82) is 0 Å². The van der Waals surface area contributed by atoms with Gasteiger partial charge in [0.2, 0.25) is 0 Å². The molecule has 14 heavy (non-hydrogen) atoms. The Morgan fingerprint density at radius 3 is 2.36 bits per heavy atom. The summed E-state index contributed by atoms with van der Waals surface area (Å²) < 4.78 is 10.8. The molecular weight excluding hydrogens is 178 g/mol. The second-order valence-electron chi connectivity index (χ2n) is 4.63. The van der Waals surface area contributed by atoms with Crippen molar-refractivity contribution in [3.63, 3.8) is 0 Å². The standard InChI is InChI=1S/C11H21NO2/c12-5-1-4-11(8-14-9-11)10-2-6-13-7-3-10/h10H,1-9,12H2. The monoisotopic (exact) mass is 199 g/mol. The van der Waals surface area contributed by atoms with Crippen LogP contribution in [-0.2, 0) is 9.47 Å². The van der Waals surface area contributed by atoms with Crippen molar-refractivity contribution in [2.75, 3.05) is 33.0 Å². The SMILES string of the molecule is NCCCC1(C2CCOCC2)COC1. The van der Waals surface area contributed by atoms with Gasteiger partial charge in [0.05, 0.1) is 13.2 Å². The predicted octanol–water partition coefficient (Wildman–Crippen LogP) is 1.17. The van der Waals surface area contributed by atoms with Gasteiger partial charge in [-0.25, -0.2) is 0 Å². The summed E-state index contributed by atoms with van der Waals surface area (Å²) in [6.45, 7) is 4.60. The minimum atomic E-state index is 0.461. The fourth-order valence-electron chi connectivity index (χ4n) is 2.71. The molecule has 0 spiro atoms. The molecule has 2 fully saturated rings. The van der Waals surface area contributed by atoms with E-state index in [0.717, 1.165) is 45.3 Å². The third kappa shape index (κ3) is 1.95. The first-order valence-corrected chi connectivity index (χ1v) is 5.73. The lowest BCUT2D eigenvalue weighted by Crippen LogP contribution is -2.50. The van der Waals surface area contributed by atoms with E-state index in [1.165, 1.54) is 19.3 Å². The van der Waals surface area contributed by atoms with Gasteiger partial charge in [0.15, 0.2) is 0 Å². The Morgan fingerprint density at radius 1 is 1.14 bits per heavy atom. The molecule has 0 bridgehead atoms. The molecule has 0 aromatic heterocycles. The van der Waals surface area contributed by atoms with E-state index in [4.69, 9.17) is 15.2 Å². The van der Waals surface area contributed by atoms with Gasteiger partial charge in [-0.1, -0.05) is 0 Å². The fourth-order valence-corrected chi connectivity index (χ4v) is 2.71. The molecule has 2 heterocycles. The van der Waals surface area contributed by atoms with Crippen LogP contribution in [-0.4, -0.2) is 33.0 Å². The van der Waals surface area contributed by atoms with Crippen molar-refractivity contribution in [2.24, 2.45) is 17.1 Å². The second kappa shape index (κ2) is 4.60. The molecular formula is C11H21NO2. The molecule has 0 amide bonds. The van der Waals surface area contributed by atoms with Crippen LogP contribution in [0.25, 0.3) is 0 Å². The Kier molecular flexibility index (Phi) is 3.42. The van der Waals surface area contributed by atoms with Crippen molar-refractivity contribution in [1.82, 2.24) is 0 Å². The summed E-state index contributed by atoms with van der Waals surface area (Å²) in [6.07, 6.45) is 4.82. The van der Waals surface area contributed by atoms with Crippen molar-refractivity contribution in [3.05, 3.63) is 0 Å². The third-order valence-corrected chi connectivity index (χ3v) is 3.75. The van der Waals surface area contributed by atoms with E-state index in [2.05, 4.69) is 0 Å². The maximum Gasteiger partial charge on any atom is 0.0547 e. The lowest BCUT2D eigenvalue weighted by Gasteiger charge is -2.48. The molecule has 2 saturated heterocycles. The summed E-state index contributed by atoms with van der Waals surface area (Å²) in [7, 11) is 0. The lowest BCUT2D eigenvalue weighted by atomic mass is 9.67. The number of rotatable bonds is 4. The van der Waals surface area contributed by atoms with E-state index in [0.29, 0.717) is 5.41 Å². The van der Waals surface area contributed by atoms with Crippen LogP contribution in [0.5, 0.6) is 0 Å². The maximum absolute atomic E-state index is 5.58. The van der Waals surface area contributed by atoms with Gasteiger partial charge in [-0.15, -0.1) is 0 Å². The second-order valence-corrected chi connectivity index (χ2v) is 4.63. The van der Waals surface area contributed by atoms with E-state index in [9.17, 15) is 0 Å². The normalized spacial score (nSPS) is 27.2. The summed E-state index contributed by atoms with van der Waals surface area (Å²) in [5, 5.41) is 0. The Morgan fingerprint density at radius 2 is 1.86 bits per heavy atom. The summed E-state index contributed by atoms with van der Waals surface area (Å²) in [5.41, 5.74) is 6.04. The number of hydrogen-bond donors (Lipinski definition) is 1. The molecule has 2 N–H and O–H groups in total. The lowest BCUT2D eigenvalue weighted by molar-refractivity contribution is -0.167. The van der Waals surface area contributed by atoms with Crippen molar-refractivity contribution < 1.29 is 9.47 Å². The van der Waals surface area contributed by atoms with Gasteiger partial charge in [-0.2, -0.15) is 0 Å². The van der Waals surface area contributed by atoms with Crippen LogP contribution in [0.15, 0.2) is 0 Å². The van der Waals surface area contributed by atoms with Crippen LogP contribution in [0, 0.1) is 11.3 Å². The van der Waals surface area contributed by atoms with Gasteiger partial charge in [0.25, 0.3) is 0 Å². The van der Waals surface area contributed by atoms with Crippen LogP contribution in [0.4, 0.5) is 0 Å². The third-order valence-electron chi connectivity index (χ3n) is 3.75. The Bertz CT molecular complexity index is 174. The minimum Gasteiger partial charge on any atom is -0.381 e. The average molecular weight is 199 g/mol. The fraction of sp³-hybridized carbons (Fsp3) is 1.00. The van der Waals surface area contributed by atoms with Crippen molar-refractivity contribution in [2.45, 2.75) is 25.7 Å². The highest BCUT2D eigenvalue weighted by Gasteiger charge is 2.44. The Labute approximate surface area is 85.9 Å². The molecule has 2 aliphatic rings. The minimum absolute atomic E-state index is 0.461. The Balaban J connectivity index is 1.89. The average Bonchev–Trinajstić information content (AvgIpc) is 2.18. The zero-order valence-corrected chi connectivity index (χ0v) is 8.84. The van der Waals surface area contributed by atoms with Gasteiger partial charge < -0.3 is 15.2 Å². The number of ether oxygens (including phenoxy) is 2. The summed E-state index contributed by atoms with van der Waals surface area (Å²) in [5.74, 6) is 0.816. The molecule has 0 unspecified atom stereocenters. The van der Waals surface area contributed by atoms with Crippen LogP contribution >= 0.6 is 0 Å². The predicted molar refractivity (Wildman–Crippen MR) is 55.1 cm³/mol. The molecule has 82 valence electrons. The summed E-state index contributed by atoms with van der Waals surface area (Å²) in [4.78, 5) is 0. The van der Waals surface area contributed by atoms with E-state index < -0.39 is 0 Å². The van der Waals surface area contributed by atoms with Crippen LogP contribution in [0.2, 0.25) is 0 Å². The van der Waals surface area contributed by atoms with Gasteiger partial charge in [0.1, 0.15) is 0 Å². The molecule has 0 aromatic carbocycles. The zero-order chi connectivity index (χ0) is 9.86. The molecule has 2 rings (SSSR count). The van der Waals surface area contributed by atoms with Gasteiger partial charge in [0, 0.05) is 18.6 Å². The quantitative estimate of drug-likeness (QED) is 0.739. The van der Waals surface area contributed by atoms with E-state index in [-0.39, 0.29) is 0 Å². The smallest absolute Gasteiger partial charge is 0.0547 e. The highest BCUT2D eigenvalue weighted by molar-refractivity contribution is 4.92. The molecule has 3 heteroatoms. The molecule has 0 aliphatic carbocycles. The summed E-state index contributed by atoms with van der Waals surface area (Å²) in [6, 6.07) is 0. The molecule has 2 aliphatic heterocycles. The van der Waals surface area contributed by atoms with E-state index in [1.807, 2.05) is 0 Å². The first-order chi connectivity index (χ1) is 6.87. The topological polar surface area (TPSA) is 44.5 Å². The van der Waals surface area contributed by atoms with Crippen LogP contribution in [0.1, 0.15) is 25.7 Å². The van der Waals surface area contributed by atoms with Crippen LogP contribution < -0.4 is 5.73 Å². The zero-order valence-electron chi connectivity index (χ0n) is 8.84.